The van der Waals surface area contributed by atoms with Crippen molar-refractivity contribution in [1.29, 1.82) is 0 Å². The summed E-state index contributed by atoms with van der Waals surface area (Å²) in [5.74, 6) is 1.27. The van der Waals surface area contributed by atoms with Crippen molar-refractivity contribution in [2.45, 2.75) is 12.3 Å². The molecular weight excluding hydrogens is 414 g/mol. The number of para-hydroxylation sites is 3. The molecule has 1 aliphatic heterocycles. The lowest BCUT2D eigenvalue weighted by atomic mass is 9.85. The minimum Gasteiger partial charge on any atom is -0.457 e. The number of carbonyl (C=O) groups is 2. The molecule has 0 atom stereocenters. The van der Waals surface area contributed by atoms with E-state index < -0.39 is 0 Å². The van der Waals surface area contributed by atoms with Crippen molar-refractivity contribution in [2.24, 2.45) is 0 Å². The molecule has 0 aliphatic carbocycles. The number of benzene rings is 3. The molecule has 2 heterocycles. The third kappa shape index (κ3) is 4.32. The van der Waals surface area contributed by atoms with E-state index in [0.29, 0.717) is 17.1 Å². The second-order valence-corrected chi connectivity index (χ2v) is 7.70. The van der Waals surface area contributed by atoms with E-state index in [1.807, 2.05) is 48.5 Å². The van der Waals surface area contributed by atoms with Crippen LogP contribution in [0.2, 0.25) is 0 Å². The van der Waals surface area contributed by atoms with Gasteiger partial charge in [-0.25, -0.2) is 4.98 Å². The van der Waals surface area contributed by atoms with Crippen molar-refractivity contribution in [3.8, 4) is 11.5 Å². The molecular formula is C27H21N3O3. The van der Waals surface area contributed by atoms with Gasteiger partial charge in [0.1, 0.15) is 17.3 Å². The summed E-state index contributed by atoms with van der Waals surface area (Å²) in [6, 6.07) is 27.7. The van der Waals surface area contributed by atoms with Crippen LogP contribution in [0.5, 0.6) is 11.5 Å². The van der Waals surface area contributed by atoms with Crippen LogP contribution >= 0.6 is 0 Å². The quantitative estimate of drug-likeness (QED) is 0.428. The molecule has 0 spiro atoms. The Hall–Kier alpha value is -4.45. The summed E-state index contributed by atoms with van der Waals surface area (Å²) in [6.07, 6.45) is 1.82. The SMILES string of the molecule is O=C(CC1c2ccccc2Oc2ccccc21)Nc1ccccc1C(=O)Nc1ccccn1. The predicted molar refractivity (Wildman–Crippen MR) is 127 cm³/mol. The van der Waals surface area contributed by atoms with E-state index in [0.717, 1.165) is 22.6 Å². The van der Waals surface area contributed by atoms with E-state index in [4.69, 9.17) is 4.74 Å². The van der Waals surface area contributed by atoms with Gasteiger partial charge in [0.15, 0.2) is 0 Å². The van der Waals surface area contributed by atoms with E-state index in [1.165, 1.54) is 0 Å². The summed E-state index contributed by atoms with van der Waals surface area (Å²) in [4.78, 5) is 30.1. The molecule has 2 amide bonds. The first-order valence-corrected chi connectivity index (χ1v) is 10.7. The van der Waals surface area contributed by atoms with Crippen molar-refractivity contribution < 1.29 is 14.3 Å². The number of nitrogens with zero attached hydrogens (tertiary/aromatic N) is 1. The Morgan fingerprint density at radius 1 is 0.758 bits per heavy atom. The first-order valence-electron chi connectivity index (χ1n) is 10.7. The van der Waals surface area contributed by atoms with Gasteiger partial charge < -0.3 is 15.4 Å². The largest absolute Gasteiger partial charge is 0.457 e. The Kier molecular flexibility index (Phi) is 5.55. The molecule has 33 heavy (non-hydrogen) atoms. The minimum absolute atomic E-state index is 0.152. The Labute approximate surface area is 191 Å². The Bertz CT molecular complexity index is 1280. The van der Waals surface area contributed by atoms with E-state index in [9.17, 15) is 9.59 Å². The van der Waals surface area contributed by atoms with Crippen LogP contribution in [0.3, 0.4) is 0 Å². The predicted octanol–water partition coefficient (Wildman–Crippen LogP) is 5.60. The first kappa shape index (κ1) is 20.5. The standard InChI is InChI=1S/C27H21N3O3/c31-26(17-21-18-9-2-5-13-23(18)33-24-14-6-3-10-19(21)24)29-22-12-4-1-11-20(22)27(32)30-25-15-7-8-16-28-25/h1-16,21H,17H2,(H,29,31)(H,28,30,32). The molecule has 2 N–H and O–H groups in total. The number of aromatic nitrogens is 1. The van der Waals surface area contributed by atoms with Gasteiger partial charge in [-0.2, -0.15) is 0 Å². The minimum atomic E-state index is -0.341. The molecule has 5 rings (SSSR count). The maximum absolute atomic E-state index is 13.1. The molecule has 6 heteroatoms. The van der Waals surface area contributed by atoms with Gasteiger partial charge in [-0.3, -0.25) is 9.59 Å². The lowest BCUT2D eigenvalue weighted by molar-refractivity contribution is -0.116. The zero-order valence-electron chi connectivity index (χ0n) is 17.7. The average Bonchev–Trinajstić information content (AvgIpc) is 2.85. The van der Waals surface area contributed by atoms with Crippen LogP contribution < -0.4 is 15.4 Å². The molecule has 6 nitrogen and oxygen atoms in total. The van der Waals surface area contributed by atoms with Crippen molar-refractivity contribution >= 4 is 23.3 Å². The summed E-state index contributed by atoms with van der Waals surface area (Å²) >= 11 is 0. The van der Waals surface area contributed by atoms with Gasteiger partial charge in [0, 0.05) is 29.7 Å². The zero-order chi connectivity index (χ0) is 22.6. The van der Waals surface area contributed by atoms with Gasteiger partial charge in [0.25, 0.3) is 5.91 Å². The van der Waals surface area contributed by atoms with Gasteiger partial charge in [0.2, 0.25) is 5.91 Å². The third-order valence-electron chi connectivity index (χ3n) is 5.55. The number of pyridine rings is 1. The molecule has 0 saturated carbocycles. The summed E-state index contributed by atoms with van der Waals surface area (Å²) < 4.78 is 6.02. The van der Waals surface area contributed by atoms with Crippen LogP contribution in [0.1, 0.15) is 33.8 Å². The number of hydrogen-bond donors (Lipinski definition) is 2. The smallest absolute Gasteiger partial charge is 0.258 e. The maximum Gasteiger partial charge on any atom is 0.258 e. The molecule has 1 aromatic heterocycles. The summed E-state index contributed by atoms with van der Waals surface area (Å²) in [6.45, 7) is 0. The lowest BCUT2D eigenvalue weighted by Crippen LogP contribution is -2.21. The number of hydrogen-bond acceptors (Lipinski definition) is 4. The molecule has 4 aromatic rings. The highest BCUT2D eigenvalue weighted by Gasteiger charge is 2.29. The number of nitrogens with one attached hydrogen (secondary N) is 2. The van der Waals surface area contributed by atoms with Gasteiger partial charge in [0.05, 0.1) is 11.3 Å². The molecule has 0 unspecified atom stereocenters. The van der Waals surface area contributed by atoms with Crippen LogP contribution in [0, 0.1) is 0 Å². The topological polar surface area (TPSA) is 80.3 Å². The number of rotatable bonds is 5. The second kappa shape index (κ2) is 8.96. The fourth-order valence-electron chi connectivity index (χ4n) is 4.03. The van der Waals surface area contributed by atoms with Crippen molar-refractivity contribution in [2.75, 3.05) is 10.6 Å². The highest BCUT2D eigenvalue weighted by molar-refractivity contribution is 6.09. The molecule has 0 radical (unpaired) electrons. The summed E-state index contributed by atoms with van der Waals surface area (Å²) in [7, 11) is 0. The maximum atomic E-state index is 13.1. The zero-order valence-corrected chi connectivity index (χ0v) is 17.7. The van der Waals surface area contributed by atoms with Crippen molar-refractivity contribution in [3.63, 3.8) is 0 Å². The molecule has 1 aliphatic rings. The van der Waals surface area contributed by atoms with Crippen LogP contribution in [0.25, 0.3) is 0 Å². The highest BCUT2D eigenvalue weighted by atomic mass is 16.5. The lowest BCUT2D eigenvalue weighted by Gasteiger charge is -2.28. The Morgan fingerprint density at radius 3 is 2.09 bits per heavy atom. The van der Waals surface area contributed by atoms with E-state index in [1.54, 1.807) is 48.7 Å². The van der Waals surface area contributed by atoms with Crippen LogP contribution in [0.4, 0.5) is 11.5 Å². The van der Waals surface area contributed by atoms with Gasteiger partial charge in [-0.1, -0.05) is 54.6 Å². The van der Waals surface area contributed by atoms with E-state index in [2.05, 4.69) is 15.6 Å². The molecule has 162 valence electrons. The number of ether oxygens (including phenoxy) is 1. The van der Waals surface area contributed by atoms with Crippen molar-refractivity contribution in [1.82, 2.24) is 4.98 Å². The molecule has 0 fully saturated rings. The number of anilines is 2. The molecule has 0 bridgehead atoms. The highest BCUT2D eigenvalue weighted by Crippen LogP contribution is 2.45. The number of fused-ring (bicyclic) bond motifs is 2. The third-order valence-corrected chi connectivity index (χ3v) is 5.55. The van der Waals surface area contributed by atoms with E-state index in [-0.39, 0.29) is 24.2 Å². The Balaban J connectivity index is 1.37. The van der Waals surface area contributed by atoms with Crippen molar-refractivity contribution in [3.05, 3.63) is 114 Å². The molecule has 3 aromatic carbocycles. The molecule has 0 saturated heterocycles. The van der Waals surface area contributed by atoms with E-state index >= 15 is 0 Å². The Morgan fingerprint density at radius 2 is 1.39 bits per heavy atom. The fourth-order valence-corrected chi connectivity index (χ4v) is 4.03. The number of carbonyl (C=O) groups excluding carboxylic acids is 2. The van der Waals surface area contributed by atoms with Gasteiger partial charge in [-0.05, 0) is 36.4 Å². The summed E-state index contributed by atoms with van der Waals surface area (Å²) in [5.41, 5.74) is 2.74. The first-order chi connectivity index (χ1) is 16.2. The van der Waals surface area contributed by atoms with Gasteiger partial charge in [-0.15, -0.1) is 0 Å². The monoisotopic (exact) mass is 435 g/mol. The second-order valence-electron chi connectivity index (χ2n) is 7.70. The number of amides is 2. The summed E-state index contributed by atoms with van der Waals surface area (Å²) in [5, 5.41) is 5.69. The van der Waals surface area contributed by atoms with Crippen LogP contribution in [-0.2, 0) is 4.79 Å². The van der Waals surface area contributed by atoms with Gasteiger partial charge >= 0.3 is 0 Å². The average molecular weight is 435 g/mol. The normalized spacial score (nSPS) is 12.1. The van der Waals surface area contributed by atoms with Crippen LogP contribution in [0.15, 0.2) is 97.2 Å². The van der Waals surface area contributed by atoms with Crippen LogP contribution in [-0.4, -0.2) is 16.8 Å². The fraction of sp³-hybridized carbons (Fsp3) is 0.0741.